The molecule has 3 atom stereocenters. The lowest BCUT2D eigenvalue weighted by Crippen LogP contribution is -2.29. The van der Waals surface area contributed by atoms with E-state index < -0.39 is 6.16 Å². The fourth-order valence-electron chi connectivity index (χ4n) is 2.81. The van der Waals surface area contributed by atoms with Crippen molar-refractivity contribution in [1.82, 2.24) is 0 Å². The van der Waals surface area contributed by atoms with Gasteiger partial charge in [0, 0.05) is 5.41 Å². The highest BCUT2D eigenvalue weighted by Crippen LogP contribution is 2.51. The summed E-state index contributed by atoms with van der Waals surface area (Å²) in [5.41, 5.74) is 0.130. The first kappa shape index (κ1) is 11.5. The van der Waals surface area contributed by atoms with Crippen molar-refractivity contribution in [3.8, 4) is 0 Å². The van der Waals surface area contributed by atoms with E-state index >= 15 is 0 Å². The normalized spacial score (nSPS) is 35.4. The molecule has 16 heavy (non-hydrogen) atoms. The first-order valence-corrected chi connectivity index (χ1v) is 6.12. The smallest absolute Gasteiger partial charge is 0.434 e. The van der Waals surface area contributed by atoms with Crippen LogP contribution in [0.3, 0.4) is 0 Å². The molecule has 90 valence electrons. The van der Waals surface area contributed by atoms with Crippen molar-refractivity contribution in [2.45, 2.75) is 33.1 Å². The van der Waals surface area contributed by atoms with Gasteiger partial charge in [0.05, 0.1) is 6.61 Å². The molecule has 3 nitrogen and oxygen atoms in total. The first-order chi connectivity index (χ1) is 7.64. The third kappa shape index (κ3) is 2.23. The minimum atomic E-state index is -0.519. The van der Waals surface area contributed by atoms with E-state index in [0.717, 1.165) is 12.8 Å². The maximum Gasteiger partial charge on any atom is 0.508 e. The largest absolute Gasteiger partial charge is 0.508 e. The second kappa shape index (κ2) is 4.48. The van der Waals surface area contributed by atoms with Crippen LogP contribution in [0.25, 0.3) is 0 Å². The summed E-state index contributed by atoms with van der Waals surface area (Å²) >= 11 is 0. The Labute approximate surface area is 96.8 Å². The maximum absolute atomic E-state index is 11.2. The van der Waals surface area contributed by atoms with Gasteiger partial charge in [0.25, 0.3) is 0 Å². The summed E-state index contributed by atoms with van der Waals surface area (Å²) in [5, 5.41) is 0. The molecule has 0 N–H and O–H groups in total. The van der Waals surface area contributed by atoms with Gasteiger partial charge >= 0.3 is 6.16 Å². The van der Waals surface area contributed by atoms with Crippen LogP contribution in [0.5, 0.6) is 0 Å². The number of carbonyl (C=O) groups is 1. The van der Waals surface area contributed by atoms with Crippen LogP contribution in [-0.2, 0) is 9.47 Å². The fraction of sp³-hybridized carbons (Fsp3) is 0.769. The second-order valence-corrected chi connectivity index (χ2v) is 5.23. The van der Waals surface area contributed by atoms with Crippen LogP contribution in [-0.4, -0.2) is 19.4 Å². The molecule has 3 unspecified atom stereocenters. The Hall–Kier alpha value is -0.990. The summed E-state index contributed by atoms with van der Waals surface area (Å²) in [6.45, 7) is 5.10. The molecule has 0 aromatic carbocycles. The monoisotopic (exact) mass is 224 g/mol. The molecule has 2 rings (SSSR count). The molecular formula is C13H20O3. The predicted molar refractivity (Wildman–Crippen MR) is 61.1 cm³/mol. The molecule has 2 aliphatic rings. The van der Waals surface area contributed by atoms with Gasteiger partial charge in [0.2, 0.25) is 0 Å². The van der Waals surface area contributed by atoms with E-state index in [-0.39, 0.29) is 5.41 Å². The molecule has 0 radical (unpaired) electrons. The summed E-state index contributed by atoms with van der Waals surface area (Å²) in [5.74, 6) is 1.28. The molecule has 0 aromatic heterocycles. The Morgan fingerprint density at radius 1 is 1.44 bits per heavy atom. The number of allylic oxidation sites excluding steroid dienone is 2. The van der Waals surface area contributed by atoms with E-state index in [1.165, 1.54) is 6.42 Å². The van der Waals surface area contributed by atoms with Crippen LogP contribution in [0.1, 0.15) is 33.1 Å². The number of ether oxygens (including phenoxy) is 2. The third-order valence-corrected chi connectivity index (χ3v) is 3.74. The summed E-state index contributed by atoms with van der Waals surface area (Å²) in [6.07, 6.45) is 7.24. The van der Waals surface area contributed by atoms with Gasteiger partial charge in [-0.1, -0.05) is 26.0 Å². The Balaban J connectivity index is 1.78. The molecule has 0 spiro atoms. The van der Waals surface area contributed by atoms with Gasteiger partial charge in [-0.05, 0) is 31.1 Å². The second-order valence-electron chi connectivity index (χ2n) is 5.23. The highest BCUT2D eigenvalue weighted by molar-refractivity contribution is 5.59. The van der Waals surface area contributed by atoms with E-state index in [0.29, 0.717) is 25.0 Å². The van der Waals surface area contributed by atoms with Crippen molar-refractivity contribution in [2.75, 3.05) is 13.2 Å². The summed E-state index contributed by atoms with van der Waals surface area (Å²) in [4.78, 5) is 11.2. The molecule has 0 aliphatic heterocycles. The van der Waals surface area contributed by atoms with Crippen molar-refractivity contribution in [3.63, 3.8) is 0 Å². The van der Waals surface area contributed by atoms with E-state index in [2.05, 4.69) is 19.1 Å². The standard InChI is InChI=1S/C13H20O3/c1-3-6-15-12(14)16-9-13(2)8-10-4-5-11(13)7-10/h4-5,10-11H,3,6-9H2,1-2H3. The molecule has 0 saturated heterocycles. The lowest BCUT2D eigenvalue weighted by molar-refractivity contribution is 0.0186. The van der Waals surface area contributed by atoms with Crippen LogP contribution >= 0.6 is 0 Å². The van der Waals surface area contributed by atoms with Gasteiger partial charge in [0.1, 0.15) is 6.61 Å². The summed E-state index contributed by atoms with van der Waals surface area (Å²) < 4.78 is 10.1. The maximum atomic E-state index is 11.2. The molecule has 3 heteroatoms. The summed E-state index contributed by atoms with van der Waals surface area (Å²) in [6, 6.07) is 0. The predicted octanol–water partition coefficient (Wildman–Crippen LogP) is 3.15. The average molecular weight is 224 g/mol. The zero-order valence-electron chi connectivity index (χ0n) is 10.1. The van der Waals surface area contributed by atoms with Crippen molar-refractivity contribution < 1.29 is 14.3 Å². The van der Waals surface area contributed by atoms with Crippen LogP contribution in [0, 0.1) is 17.3 Å². The third-order valence-electron chi connectivity index (χ3n) is 3.74. The van der Waals surface area contributed by atoms with Gasteiger partial charge in [-0.2, -0.15) is 0 Å². The van der Waals surface area contributed by atoms with Crippen LogP contribution in [0.15, 0.2) is 12.2 Å². The van der Waals surface area contributed by atoms with E-state index in [4.69, 9.17) is 9.47 Å². The highest BCUT2D eigenvalue weighted by atomic mass is 16.7. The van der Waals surface area contributed by atoms with Gasteiger partial charge in [0.15, 0.2) is 0 Å². The van der Waals surface area contributed by atoms with Crippen molar-refractivity contribution in [2.24, 2.45) is 17.3 Å². The zero-order chi connectivity index (χ0) is 11.6. The minimum Gasteiger partial charge on any atom is -0.434 e. The zero-order valence-corrected chi connectivity index (χ0v) is 10.1. The quantitative estimate of drug-likeness (QED) is 0.543. The van der Waals surface area contributed by atoms with Crippen molar-refractivity contribution in [3.05, 3.63) is 12.2 Å². The topological polar surface area (TPSA) is 35.5 Å². The first-order valence-electron chi connectivity index (χ1n) is 6.12. The molecule has 0 aromatic rings. The van der Waals surface area contributed by atoms with Gasteiger partial charge in [-0.3, -0.25) is 0 Å². The van der Waals surface area contributed by atoms with Crippen LogP contribution < -0.4 is 0 Å². The number of rotatable bonds is 4. The lowest BCUT2D eigenvalue weighted by Gasteiger charge is -2.30. The molecule has 1 saturated carbocycles. The molecule has 2 aliphatic carbocycles. The van der Waals surface area contributed by atoms with Crippen molar-refractivity contribution in [1.29, 1.82) is 0 Å². The van der Waals surface area contributed by atoms with Gasteiger partial charge in [-0.15, -0.1) is 0 Å². The van der Waals surface area contributed by atoms with E-state index in [1.807, 2.05) is 6.92 Å². The van der Waals surface area contributed by atoms with E-state index in [1.54, 1.807) is 0 Å². The van der Waals surface area contributed by atoms with Gasteiger partial charge in [-0.25, -0.2) is 4.79 Å². The molecule has 0 heterocycles. The number of hydrogen-bond acceptors (Lipinski definition) is 3. The van der Waals surface area contributed by atoms with E-state index in [9.17, 15) is 4.79 Å². The molecule has 0 amide bonds. The van der Waals surface area contributed by atoms with Crippen LogP contribution in [0.2, 0.25) is 0 Å². The molecular weight excluding hydrogens is 204 g/mol. The molecule has 1 fully saturated rings. The Morgan fingerprint density at radius 2 is 2.25 bits per heavy atom. The Bertz CT molecular complexity index is 298. The van der Waals surface area contributed by atoms with Crippen LogP contribution in [0.4, 0.5) is 4.79 Å². The number of hydrogen-bond donors (Lipinski definition) is 0. The van der Waals surface area contributed by atoms with Gasteiger partial charge < -0.3 is 9.47 Å². The average Bonchev–Trinajstić information content (AvgIpc) is 2.83. The number of fused-ring (bicyclic) bond motifs is 2. The fourth-order valence-corrected chi connectivity index (χ4v) is 2.81. The van der Waals surface area contributed by atoms with Crippen molar-refractivity contribution >= 4 is 6.16 Å². The lowest BCUT2D eigenvalue weighted by atomic mass is 9.78. The molecule has 2 bridgehead atoms. The summed E-state index contributed by atoms with van der Waals surface area (Å²) in [7, 11) is 0. The Morgan fingerprint density at radius 3 is 2.81 bits per heavy atom. The SMILES string of the molecule is CCCOC(=O)OCC1(C)CC2C=CC1C2. The highest BCUT2D eigenvalue weighted by Gasteiger charge is 2.45. The minimum absolute atomic E-state index is 0.130. The Kier molecular flexibility index (Phi) is 3.22. The number of carbonyl (C=O) groups excluding carboxylic acids is 1.